The van der Waals surface area contributed by atoms with Crippen LogP contribution in [-0.2, 0) is 10.0 Å². The van der Waals surface area contributed by atoms with Gasteiger partial charge in [0.25, 0.3) is 15.6 Å². The number of fused-ring (bicyclic) bond motifs is 1. The van der Waals surface area contributed by atoms with Crippen LogP contribution >= 0.6 is 11.8 Å². The molecule has 10 nitrogen and oxygen atoms in total. The number of rotatable bonds is 6. The Morgan fingerprint density at radius 1 is 1.24 bits per heavy atom. The molecule has 1 atom stereocenters. The molecule has 0 saturated carbocycles. The third kappa shape index (κ3) is 4.65. The maximum absolute atomic E-state index is 13.2. The van der Waals surface area contributed by atoms with Gasteiger partial charge < -0.3 is 10.6 Å². The summed E-state index contributed by atoms with van der Waals surface area (Å²) < 4.78 is 40.3. The van der Waals surface area contributed by atoms with Crippen LogP contribution in [0.2, 0.25) is 0 Å². The average molecular weight is 504 g/mol. The minimum atomic E-state index is -4.18. The number of urea groups is 1. The van der Waals surface area contributed by atoms with Crippen LogP contribution in [0.25, 0.3) is 16.6 Å². The van der Waals surface area contributed by atoms with Gasteiger partial charge in [-0.15, -0.1) is 0 Å². The summed E-state index contributed by atoms with van der Waals surface area (Å²) in [5, 5.41) is 6.09. The van der Waals surface area contributed by atoms with Gasteiger partial charge in [0.15, 0.2) is 11.8 Å². The van der Waals surface area contributed by atoms with E-state index >= 15 is 0 Å². The number of halogens is 1. The van der Waals surface area contributed by atoms with E-state index < -0.39 is 27.1 Å². The summed E-state index contributed by atoms with van der Waals surface area (Å²) >= 11 is 0.518. The Balaban J connectivity index is 1.56. The van der Waals surface area contributed by atoms with Gasteiger partial charge in [-0.2, -0.15) is 0 Å². The molecule has 0 saturated heterocycles. The number of nitrogens with one attached hydrogen (secondary N) is 3. The lowest BCUT2D eigenvalue weighted by atomic mass is 10.1. The number of aldehydes is 1. The lowest BCUT2D eigenvalue weighted by Gasteiger charge is -2.11. The molecule has 1 unspecified atom stereocenters. The number of anilines is 2. The highest BCUT2D eigenvalue weighted by molar-refractivity contribution is 8.18. The molecular formula is C21H18FN5O5S2. The molecule has 0 spiro atoms. The summed E-state index contributed by atoms with van der Waals surface area (Å²) in [6, 6.07) is 6.81. The molecule has 4 rings (SSSR count). The lowest BCUT2D eigenvalue weighted by molar-refractivity contribution is 0.112. The van der Waals surface area contributed by atoms with Crippen LogP contribution in [-0.4, -0.2) is 42.8 Å². The lowest BCUT2D eigenvalue weighted by Crippen LogP contribution is -2.34. The van der Waals surface area contributed by atoms with Crippen molar-refractivity contribution in [1.82, 2.24) is 14.3 Å². The van der Waals surface area contributed by atoms with Gasteiger partial charge in [-0.1, -0.05) is 17.8 Å². The van der Waals surface area contributed by atoms with E-state index in [0.717, 1.165) is 5.69 Å². The highest BCUT2D eigenvalue weighted by atomic mass is 32.3. The number of carbonyl (C=O) groups is 2. The first-order valence-electron chi connectivity index (χ1n) is 9.85. The number of hydrogen-bond acceptors (Lipinski definition) is 8. The van der Waals surface area contributed by atoms with Crippen LogP contribution in [0, 0.1) is 0 Å². The number of sulfonamides is 1. The Morgan fingerprint density at radius 2 is 2.00 bits per heavy atom. The Kier molecular flexibility index (Phi) is 6.39. The average Bonchev–Trinajstić information content (AvgIpc) is 3.27. The number of aromatic nitrogens is 2. The SMILES string of the molecule is CNc1ccc2c(=O)n(-c3ccc(NC(=O)NS(=O)(=O)C4=CCC(F)S4)cn3)cc(C=O)c2c1. The van der Waals surface area contributed by atoms with Crippen molar-refractivity contribution in [2.75, 3.05) is 17.7 Å². The molecule has 1 aromatic carbocycles. The number of pyridine rings is 2. The van der Waals surface area contributed by atoms with Crippen LogP contribution in [0.15, 0.2) is 57.8 Å². The first kappa shape index (κ1) is 23.4. The molecular weight excluding hydrogens is 485 g/mol. The first-order chi connectivity index (χ1) is 16.2. The minimum Gasteiger partial charge on any atom is -0.388 e. The standard InChI is InChI=1S/C21H18FN5O5S2/c1-23-13-2-4-15-16(8-13)12(11-28)10-27(20(15)29)18-6-3-14(9-24-18)25-21(30)26-34(31,32)19-7-5-17(22)33-19/h2-4,6-11,17,23H,5H2,1H3,(H2,25,26,30). The number of alkyl halides is 1. The Morgan fingerprint density at radius 3 is 2.62 bits per heavy atom. The van der Waals surface area contributed by atoms with E-state index in [1.165, 1.54) is 35.2 Å². The van der Waals surface area contributed by atoms with Crippen LogP contribution < -0.4 is 20.9 Å². The fourth-order valence-electron chi connectivity index (χ4n) is 3.30. The van der Waals surface area contributed by atoms with E-state index in [2.05, 4.69) is 15.6 Å². The molecule has 2 aromatic heterocycles. The molecule has 0 bridgehead atoms. The number of hydrogen-bond donors (Lipinski definition) is 3. The van der Waals surface area contributed by atoms with Crippen molar-refractivity contribution >= 4 is 56.2 Å². The maximum atomic E-state index is 13.2. The number of amides is 2. The van der Waals surface area contributed by atoms with Crippen molar-refractivity contribution in [2.24, 2.45) is 0 Å². The molecule has 0 radical (unpaired) electrons. The van der Waals surface area contributed by atoms with E-state index in [0.29, 0.717) is 28.8 Å². The van der Waals surface area contributed by atoms with Crippen molar-refractivity contribution in [3.8, 4) is 5.82 Å². The van der Waals surface area contributed by atoms with E-state index in [1.54, 1.807) is 30.0 Å². The fraction of sp³-hybridized carbons (Fsp3) is 0.143. The minimum absolute atomic E-state index is 0.0511. The molecule has 0 aliphatic carbocycles. The Hall–Kier alpha value is -3.71. The quantitative estimate of drug-likeness (QED) is 0.436. The number of thioether (sulfide) groups is 1. The van der Waals surface area contributed by atoms with Gasteiger partial charge in [-0.05, 0) is 30.3 Å². The first-order valence-corrected chi connectivity index (χ1v) is 12.2. The van der Waals surface area contributed by atoms with Crippen molar-refractivity contribution < 1.29 is 22.4 Å². The maximum Gasteiger partial charge on any atom is 0.333 e. The zero-order valence-corrected chi connectivity index (χ0v) is 19.2. The fourth-order valence-corrected chi connectivity index (χ4v) is 5.60. The van der Waals surface area contributed by atoms with Gasteiger partial charge >= 0.3 is 6.03 Å². The molecule has 1 aliphatic rings. The predicted molar refractivity (Wildman–Crippen MR) is 129 cm³/mol. The van der Waals surface area contributed by atoms with Gasteiger partial charge in [-0.25, -0.2) is 27.3 Å². The van der Waals surface area contributed by atoms with E-state index in [4.69, 9.17) is 0 Å². The molecule has 1 aliphatic heterocycles. The van der Waals surface area contributed by atoms with E-state index in [-0.39, 0.29) is 27.7 Å². The highest BCUT2D eigenvalue weighted by Crippen LogP contribution is 2.35. The van der Waals surface area contributed by atoms with Gasteiger partial charge in [0.05, 0.1) is 11.9 Å². The molecule has 0 fully saturated rings. The highest BCUT2D eigenvalue weighted by Gasteiger charge is 2.28. The van der Waals surface area contributed by atoms with Crippen LogP contribution in [0.3, 0.4) is 0 Å². The number of allylic oxidation sites excluding steroid dienone is 1. The Bertz CT molecular complexity index is 1490. The summed E-state index contributed by atoms with van der Waals surface area (Å²) in [5.74, 6) is 0.188. The van der Waals surface area contributed by atoms with Crippen LogP contribution in [0.4, 0.5) is 20.6 Å². The second-order valence-electron chi connectivity index (χ2n) is 7.14. The monoisotopic (exact) mass is 503 g/mol. The van der Waals surface area contributed by atoms with Crippen molar-refractivity contribution in [3.05, 3.63) is 69.0 Å². The third-order valence-corrected chi connectivity index (χ3v) is 7.87. The zero-order chi connectivity index (χ0) is 24.5. The topological polar surface area (TPSA) is 139 Å². The van der Waals surface area contributed by atoms with Crippen molar-refractivity contribution in [3.63, 3.8) is 0 Å². The summed E-state index contributed by atoms with van der Waals surface area (Å²) in [6.07, 6.45) is 4.39. The zero-order valence-electron chi connectivity index (χ0n) is 17.6. The second kappa shape index (κ2) is 9.27. The third-order valence-electron chi connectivity index (χ3n) is 4.92. The smallest absolute Gasteiger partial charge is 0.333 e. The van der Waals surface area contributed by atoms with Crippen molar-refractivity contribution in [1.29, 1.82) is 0 Å². The Labute approximate surface area is 197 Å². The molecule has 3 heterocycles. The van der Waals surface area contributed by atoms with E-state index in [9.17, 15) is 27.2 Å². The van der Waals surface area contributed by atoms with Gasteiger partial charge in [-0.3, -0.25) is 14.2 Å². The predicted octanol–water partition coefficient (Wildman–Crippen LogP) is 2.97. The number of nitrogens with zero attached hydrogens (tertiary/aromatic N) is 2. The van der Waals surface area contributed by atoms with Crippen LogP contribution in [0.1, 0.15) is 16.8 Å². The molecule has 176 valence electrons. The van der Waals surface area contributed by atoms with Crippen molar-refractivity contribution in [2.45, 2.75) is 11.9 Å². The van der Waals surface area contributed by atoms with Gasteiger partial charge in [0.2, 0.25) is 0 Å². The summed E-state index contributed by atoms with van der Waals surface area (Å²) in [7, 11) is -2.46. The summed E-state index contributed by atoms with van der Waals surface area (Å²) in [4.78, 5) is 40.8. The summed E-state index contributed by atoms with van der Waals surface area (Å²) in [6.45, 7) is 0. The number of benzene rings is 1. The number of carbonyl (C=O) groups excluding carboxylic acids is 2. The molecule has 34 heavy (non-hydrogen) atoms. The normalized spacial score (nSPS) is 15.6. The summed E-state index contributed by atoms with van der Waals surface area (Å²) in [5.41, 5.74) is -0.580. The second-order valence-corrected chi connectivity index (χ2v) is 10.2. The molecule has 3 N–H and O–H groups in total. The largest absolute Gasteiger partial charge is 0.388 e. The van der Waals surface area contributed by atoms with Gasteiger partial charge in [0, 0.05) is 41.7 Å². The molecule has 13 heteroatoms. The molecule has 3 aromatic rings. The molecule has 2 amide bonds. The van der Waals surface area contributed by atoms with Gasteiger partial charge in [0.1, 0.15) is 10.1 Å². The van der Waals surface area contributed by atoms with Crippen LogP contribution in [0.5, 0.6) is 0 Å². The van der Waals surface area contributed by atoms with E-state index in [1.807, 2.05) is 0 Å².